The van der Waals surface area contributed by atoms with Gasteiger partial charge in [0.15, 0.2) is 0 Å². The van der Waals surface area contributed by atoms with Crippen molar-refractivity contribution in [2.24, 2.45) is 0 Å². The molecule has 1 N–H and O–H groups in total. The summed E-state index contributed by atoms with van der Waals surface area (Å²) in [6.07, 6.45) is 1.61. The van der Waals surface area contributed by atoms with E-state index in [1.165, 1.54) is 24.3 Å². The molecule has 0 saturated carbocycles. The SMILES string of the molecule is CSOC(=O)c1cccc(C(=O)O)c1.[H-].[H-].[Mg+2]. The van der Waals surface area contributed by atoms with Crippen molar-refractivity contribution in [3.63, 3.8) is 0 Å². The van der Waals surface area contributed by atoms with E-state index in [0.29, 0.717) is 0 Å². The Hall–Kier alpha value is -0.724. The first-order valence-electron chi connectivity index (χ1n) is 3.73. The molecule has 15 heavy (non-hydrogen) atoms. The molecule has 0 heterocycles. The minimum absolute atomic E-state index is 0. The molecule has 0 aromatic heterocycles. The fraction of sp³-hybridized carbons (Fsp3) is 0.111. The van der Waals surface area contributed by atoms with Crippen LogP contribution in [0.5, 0.6) is 0 Å². The fourth-order valence-corrected chi connectivity index (χ4v) is 1.15. The van der Waals surface area contributed by atoms with Gasteiger partial charge in [-0.1, -0.05) is 6.07 Å². The summed E-state index contributed by atoms with van der Waals surface area (Å²) < 4.78 is 4.65. The molecule has 1 aromatic carbocycles. The number of rotatable bonds is 3. The van der Waals surface area contributed by atoms with Gasteiger partial charge in [0, 0.05) is 6.26 Å². The Kier molecular flexibility index (Phi) is 6.38. The van der Waals surface area contributed by atoms with E-state index in [1.807, 2.05) is 0 Å². The van der Waals surface area contributed by atoms with Crippen LogP contribution in [0.4, 0.5) is 0 Å². The van der Waals surface area contributed by atoms with Crippen LogP contribution in [0.3, 0.4) is 0 Å². The number of carbonyl (C=O) groups excluding carboxylic acids is 1. The molecule has 0 unspecified atom stereocenters. The number of benzene rings is 1. The second kappa shape index (κ2) is 6.70. The van der Waals surface area contributed by atoms with Crippen molar-refractivity contribution in [2.75, 3.05) is 6.26 Å². The van der Waals surface area contributed by atoms with Gasteiger partial charge in [0.25, 0.3) is 0 Å². The normalized spacial score (nSPS) is 8.87. The van der Waals surface area contributed by atoms with Crippen LogP contribution in [0.15, 0.2) is 24.3 Å². The zero-order valence-electron chi connectivity index (χ0n) is 10.1. The van der Waals surface area contributed by atoms with Crippen molar-refractivity contribution in [1.29, 1.82) is 0 Å². The summed E-state index contributed by atoms with van der Waals surface area (Å²) in [5, 5.41) is 8.66. The third-order valence-corrected chi connectivity index (χ3v) is 1.82. The number of carboxylic acid groups (broad SMARTS) is 1. The maximum atomic E-state index is 11.2. The van der Waals surface area contributed by atoms with Crippen LogP contribution in [0.1, 0.15) is 23.6 Å². The van der Waals surface area contributed by atoms with Gasteiger partial charge in [0.2, 0.25) is 0 Å². The molecule has 0 atom stereocenters. The summed E-state index contributed by atoms with van der Waals surface area (Å²) in [4.78, 5) is 21.8. The topological polar surface area (TPSA) is 63.6 Å². The Morgan fingerprint density at radius 1 is 1.40 bits per heavy atom. The summed E-state index contributed by atoms with van der Waals surface area (Å²) in [6, 6.07) is 5.70. The maximum Gasteiger partial charge on any atom is 2.00 e. The van der Waals surface area contributed by atoms with Crippen molar-refractivity contribution in [3.05, 3.63) is 35.4 Å². The van der Waals surface area contributed by atoms with E-state index in [2.05, 4.69) is 4.18 Å². The first-order valence-corrected chi connectivity index (χ1v) is 4.88. The van der Waals surface area contributed by atoms with Gasteiger partial charge < -0.3 is 12.1 Å². The second-order valence-corrected chi connectivity index (χ2v) is 2.92. The molecule has 0 bridgehead atoms. The third-order valence-electron chi connectivity index (χ3n) is 1.50. The zero-order chi connectivity index (χ0) is 10.6. The number of carboxylic acids is 1. The van der Waals surface area contributed by atoms with E-state index < -0.39 is 11.9 Å². The zero-order valence-corrected chi connectivity index (χ0v) is 10.3. The van der Waals surface area contributed by atoms with E-state index in [0.717, 1.165) is 12.0 Å². The van der Waals surface area contributed by atoms with E-state index in [-0.39, 0.29) is 37.0 Å². The molecular weight excluding hydrogens is 228 g/mol. The summed E-state index contributed by atoms with van der Waals surface area (Å²) >= 11 is 0.922. The molecule has 4 nitrogen and oxygen atoms in total. The Morgan fingerprint density at radius 2 is 2.00 bits per heavy atom. The second-order valence-electron chi connectivity index (χ2n) is 2.42. The van der Waals surface area contributed by atoms with E-state index in [4.69, 9.17) is 5.11 Å². The first-order chi connectivity index (χ1) is 6.65. The van der Waals surface area contributed by atoms with Crippen molar-refractivity contribution < 1.29 is 21.7 Å². The van der Waals surface area contributed by atoms with Crippen LogP contribution in [-0.4, -0.2) is 46.4 Å². The molecule has 6 heteroatoms. The van der Waals surface area contributed by atoms with E-state index >= 15 is 0 Å². The number of hydrogen-bond donors (Lipinski definition) is 1. The average molecular weight is 239 g/mol. The largest absolute Gasteiger partial charge is 2.00 e. The Balaban J connectivity index is -0.000000653. The van der Waals surface area contributed by atoms with Gasteiger partial charge in [-0.05, 0) is 18.2 Å². The average Bonchev–Trinajstić information content (AvgIpc) is 2.18. The molecule has 0 fully saturated rings. The molecule has 78 valence electrons. The van der Waals surface area contributed by atoms with E-state index in [1.54, 1.807) is 6.26 Å². The first kappa shape index (κ1) is 14.3. The number of aromatic carboxylic acids is 1. The molecule has 0 aliphatic heterocycles. The van der Waals surface area contributed by atoms with Gasteiger partial charge in [-0.3, -0.25) is 0 Å². The molecule has 1 rings (SSSR count). The van der Waals surface area contributed by atoms with Crippen molar-refractivity contribution >= 4 is 47.0 Å². The summed E-state index contributed by atoms with van der Waals surface area (Å²) in [7, 11) is 0. The van der Waals surface area contributed by atoms with Crippen molar-refractivity contribution in [1.82, 2.24) is 0 Å². The Morgan fingerprint density at radius 3 is 2.53 bits per heavy atom. The van der Waals surface area contributed by atoms with Crippen LogP contribution in [-0.2, 0) is 4.18 Å². The minimum atomic E-state index is -1.07. The third kappa shape index (κ3) is 4.11. The van der Waals surface area contributed by atoms with Gasteiger partial charge in [0.05, 0.1) is 23.2 Å². The molecule has 0 amide bonds. The summed E-state index contributed by atoms with van der Waals surface area (Å²) in [5.74, 6) is -1.61. The fourth-order valence-electron chi connectivity index (χ4n) is 0.903. The van der Waals surface area contributed by atoms with Crippen LogP contribution >= 0.6 is 12.0 Å². The summed E-state index contributed by atoms with van der Waals surface area (Å²) in [6.45, 7) is 0. The van der Waals surface area contributed by atoms with Crippen molar-refractivity contribution in [3.8, 4) is 0 Å². The van der Waals surface area contributed by atoms with Crippen LogP contribution in [0.25, 0.3) is 0 Å². The molecule has 0 aliphatic rings. The van der Waals surface area contributed by atoms with Gasteiger partial charge in [0.1, 0.15) is 0 Å². The predicted molar refractivity (Wildman–Crippen MR) is 60.3 cm³/mol. The van der Waals surface area contributed by atoms with Crippen LogP contribution in [0, 0.1) is 0 Å². The predicted octanol–water partition coefficient (Wildman–Crippen LogP) is 1.66. The number of carbonyl (C=O) groups is 2. The standard InChI is InChI=1S/C9H8O4S.Mg.2H/c1-14-13-9(12)7-4-2-3-6(5-7)8(10)11;;;/h2-5H,1H3,(H,10,11);;;/q;+2;2*-1. The van der Waals surface area contributed by atoms with Crippen LogP contribution in [0.2, 0.25) is 0 Å². The smallest absolute Gasteiger partial charge is 1.00 e. The monoisotopic (exact) mass is 238 g/mol. The van der Waals surface area contributed by atoms with Gasteiger partial charge in [-0.2, -0.15) is 0 Å². The van der Waals surface area contributed by atoms with Gasteiger partial charge >= 0.3 is 35.0 Å². The summed E-state index contributed by atoms with van der Waals surface area (Å²) in [5.41, 5.74) is 0.305. The molecule has 0 aliphatic carbocycles. The molecule has 0 radical (unpaired) electrons. The molecule has 1 aromatic rings. The van der Waals surface area contributed by atoms with Gasteiger partial charge in [-0.15, -0.1) is 0 Å². The quantitative estimate of drug-likeness (QED) is 0.641. The van der Waals surface area contributed by atoms with E-state index in [9.17, 15) is 9.59 Å². The molecular formula is C9H10MgO4S. The molecule has 0 saturated heterocycles. The number of hydrogen-bond acceptors (Lipinski definition) is 4. The molecule has 0 spiro atoms. The van der Waals surface area contributed by atoms with Crippen LogP contribution < -0.4 is 0 Å². The Labute approximate surface area is 110 Å². The van der Waals surface area contributed by atoms with Crippen molar-refractivity contribution in [2.45, 2.75) is 0 Å². The van der Waals surface area contributed by atoms with Gasteiger partial charge in [-0.25, -0.2) is 9.59 Å². The Bertz CT molecular complexity index is 376. The maximum absolute atomic E-state index is 11.2. The minimum Gasteiger partial charge on any atom is -1.00 e.